The third-order valence-corrected chi connectivity index (χ3v) is 4.09. The number of hydrogen-bond donors (Lipinski definition) is 0. The van der Waals surface area contributed by atoms with Gasteiger partial charge in [0.05, 0.1) is 12.0 Å². The zero-order valence-electron chi connectivity index (χ0n) is 11.0. The van der Waals surface area contributed by atoms with E-state index in [2.05, 4.69) is 6.58 Å². The number of hydrogen-bond acceptors (Lipinski definition) is 4. The van der Waals surface area contributed by atoms with E-state index >= 15 is 0 Å². The number of benzene rings is 1. The minimum Gasteiger partial charge on any atom is -0.462 e. The summed E-state index contributed by atoms with van der Waals surface area (Å²) in [5.74, 6) is -0.430. The maximum atomic E-state index is 12.1. The largest absolute Gasteiger partial charge is 0.462 e. The first kappa shape index (κ1) is 12.9. The van der Waals surface area contributed by atoms with Gasteiger partial charge in [0.15, 0.2) is 0 Å². The van der Waals surface area contributed by atoms with Gasteiger partial charge in [0, 0.05) is 18.3 Å². The van der Waals surface area contributed by atoms with E-state index in [0.717, 1.165) is 0 Å². The molecule has 4 heteroatoms. The maximum Gasteiger partial charge on any atom is 0.338 e. The predicted octanol–water partition coefficient (Wildman–Crippen LogP) is 2.35. The first-order chi connectivity index (χ1) is 9.69. The van der Waals surface area contributed by atoms with Crippen LogP contribution in [0.15, 0.2) is 43.0 Å². The molecule has 4 nitrogen and oxygen atoms in total. The molecule has 1 heterocycles. The van der Waals surface area contributed by atoms with Crippen molar-refractivity contribution >= 4 is 11.9 Å². The van der Waals surface area contributed by atoms with Crippen LogP contribution < -0.4 is 0 Å². The van der Waals surface area contributed by atoms with Crippen molar-refractivity contribution in [2.45, 2.75) is 25.0 Å². The van der Waals surface area contributed by atoms with Crippen LogP contribution in [-0.2, 0) is 14.3 Å². The van der Waals surface area contributed by atoms with Crippen LogP contribution in [0.4, 0.5) is 0 Å². The highest BCUT2D eigenvalue weighted by Gasteiger charge is 2.50. The van der Waals surface area contributed by atoms with Crippen LogP contribution in [0.2, 0.25) is 0 Å². The second kappa shape index (κ2) is 5.12. The molecule has 3 rings (SSSR count). The summed E-state index contributed by atoms with van der Waals surface area (Å²) < 4.78 is 10.8. The smallest absolute Gasteiger partial charge is 0.338 e. The molecule has 0 radical (unpaired) electrons. The van der Waals surface area contributed by atoms with Gasteiger partial charge in [-0.15, -0.1) is 6.58 Å². The number of ether oxygens (including phenoxy) is 2. The van der Waals surface area contributed by atoms with Crippen molar-refractivity contribution in [1.29, 1.82) is 0 Å². The van der Waals surface area contributed by atoms with E-state index in [0.29, 0.717) is 18.4 Å². The quantitative estimate of drug-likeness (QED) is 0.626. The zero-order chi connectivity index (χ0) is 14.1. The molecular weight excluding hydrogens is 256 g/mol. The summed E-state index contributed by atoms with van der Waals surface area (Å²) in [7, 11) is 0. The summed E-state index contributed by atoms with van der Waals surface area (Å²) in [5, 5.41) is 0. The van der Waals surface area contributed by atoms with Crippen LogP contribution in [0, 0.1) is 11.8 Å². The van der Waals surface area contributed by atoms with Crippen molar-refractivity contribution in [3.05, 3.63) is 48.6 Å². The summed E-state index contributed by atoms with van der Waals surface area (Å²) in [6, 6.07) is 8.89. The average molecular weight is 272 g/mol. The molecule has 4 atom stereocenters. The fourth-order valence-electron chi connectivity index (χ4n) is 3.13. The molecule has 2 aliphatic rings. The van der Waals surface area contributed by atoms with Crippen molar-refractivity contribution in [2.24, 2.45) is 11.8 Å². The lowest BCUT2D eigenvalue weighted by Gasteiger charge is -2.19. The SMILES string of the molecule is C=C[C@@H]1[C@H]2CC(=O)O[C@H]2C[C@H]1OC(=O)c1ccccc1. The Morgan fingerprint density at radius 2 is 2.10 bits per heavy atom. The van der Waals surface area contributed by atoms with Crippen LogP contribution in [0.5, 0.6) is 0 Å². The number of carbonyl (C=O) groups is 2. The lowest BCUT2D eigenvalue weighted by molar-refractivity contribution is -0.141. The minimum atomic E-state index is -0.339. The third-order valence-electron chi connectivity index (χ3n) is 4.09. The molecular formula is C16H16O4. The molecule has 0 aromatic heterocycles. The van der Waals surface area contributed by atoms with E-state index in [4.69, 9.17) is 9.47 Å². The van der Waals surface area contributed by atoms with Crippen molar-refractivity contribution in [3.8, 4) is 0 Å². The van der Waals surface area contributed by atoms with Crippen LogP contribution in [0.3, 0.4) is 0 Å². The molecule has 1 saturated carbocycles. The van der Waals surface area contributed by atoms with Gasteiger partial charge in [0.2, 0.25) is 0 Å². The van der Waals surface area contributed by atoms with Crippen molar-refractivity contribution < 1.29 is 19.1 Å². The summed E-state index contributed by atoms with van der Waals surface area (Å²) in [5.41, 5.74) is 0.532. The molecule has 0 bridgehead atoms. The van der Waals surface area contributed by atoms with Gasteiger partial charge >= 0.3 is 11.9 Å². The lowest BCUT2D eigenvalue weighted by atomic mass is 9.92. The zero-order valence-corrected chi connectivity index (χ0v) is 11.0. The molecule has 0 unspecified atom stereocenters. The number of carbonyl (C=O) groups excluding carboxylic acids is 2. The van der Waals surface area contributed by atoms with E-state index in [1.165, 1.54) is 0 Å². The Hall–Kier alpha value is -2.10. The van der Waals surface area contributed by atoms with Gasteiger partial charge in [-0.2, -0.15) is 0 Å². The molecule has 1 aromatic carbocycles. The summed E-state index contributed by atoms with van der Waals surface area (Å²) in [6.45, 7) is 3.80. The van der Waals surface area contributed by atoms with Gasteiger partial charge in [-0.25, -0.2) is 4.79 Å². The first-order valence-corrected chi connectivity index (χ1v) is 6.77. The molecule has 0 N–H and O–H groups in total. The highest BCUT2D eigenvalue weighted by molar-refractivity contribution is 5.89. The fourth-order valence-corrected chi connectivity index (χ4v) is 3.13. The van der Waals surface area contributed by atoms with Gasteiger partial charge in [0.1, 0.15) is 12.2 Å². The van der Waals surface area contributed by atoms with Gasteiger partial charge in [-0.05, 0) is 12.1 Å². The van der Waals surface area contributed by atoms with E-state index in [9.17, 15) is 9.59 Å². The third kappa shape index (κ3) is 2.22. The Morgan fingerprint density at radius 1 is 1.35 bits per heavy atom. The van der Waals surface area contributed by atoms with Crippen molar-refractivity contribution in [3.63, 3.8) is 0 Å². The van der Waals surface area contributed by atoms with Crippen LogP contribution in [0.1, 0.15) is 23.2 Å². The van der Waals surface area contributed by atoms with Crippen LogP contribution in [0.25, 0.3) is 0 Å². The van der Waals surface area contributed by atoms with Gasteiger partial charge in [-0.1, -0.05) is 24.3 Å². The van der Waals surface area contributed by atoms with E-state index in [1.54, 1.807) is 30.3 Å². The topological polar surface area (TPSA) is 52.6 Å². The van der Waals surface area contributed by atoms with E-state index < -0.39 is 0 Å². The number of rotatable bonds is 3. The molecule has 1 saturated heterocycles. The molecule has 104 valence electrons. The van der Waals surface area contributed by atoms with Gasteiger partial charge < -0.3 is 9.47 Å². The van der Waals surface area contributed by atoms with Crippen molar-refractivity contribution in [1.82, 2.24) is 0 Å². The summed E-state index contributed by atoms with van der Waals surface area (Å²) in [4.78, 5) is 23.4. The molecule has 0 amide bonds. The first-order valence-electron chi connectivity index (χ1n) is 6.77. The standard InChI is InChI=1S/C16H16O4/c1-2-11-12-8-15(17)19-14(12)9-13(11)20-16(18)10-6-4-3-5-7-10/h2-7,11-14H,1,8-9H2/t11-,12-,13-,14+/m1/s1. The Kier molecular flexibility index (Phi) is 3.30. The Labute approximate surface area is 117 Å². The monoisotopic (exact) mass is 272 g/mol. The second-order valence-corrected chi connectivity index (χ2v) is 5.25. The van der Waals surface area contributed by atoms with Crippen LogP contribution in [-0.4, -0.2) is 24.1 Å². The molecule has 2 fully saturated rings. The lowest BCUT2D eigenvalue weighted by Crippen LogP contribution is -2.24. The van der Waals surface area contributed by atoms with Crippen molar-refractivity contribution in [2.75, 3.05) is 0 Å². The molecule has 1 aliphatic heterocycles. The average Bonchev–Trinajstić information content (AvgIpc) is 2.95. The Balaban J connectivity index is 1.71. The Morgan fingerprint density at radius 3 is 2.80 bits per heavy atom. The highest BCUT2D eigenvalue weighted by atomic mass is 16.6. The molecule has 20 heavy (non-hydrogen) atoms. The van der Waals surface area contributed by atoms with Gasteiger partial charge in [0.25, 0.3) is 0 Å². The molecule has 1 aromatic rings. The normalized spacial score (nSPS) is 31.5. The maximum absolute atomic E-state index is 12.1. The van der Waals surface area contributed by atoms with E-state index in [1.807, 2.05) is 6.07 Å². The van der Waals surface area contributed by atoms with Gasteiger partial charge in [-0.3, -0.25) is 4.79 Å². The van der Waals surface area contributed by atoms with Crippen LogP contribution >= 0.6 is 0 Å². The second-order valence-electron chi connectivity index (χ2n) is 5.25. The fraction of sp³-hybridized carbons (Fsp3) is 0.375. The number of fused-ring (bicyclic) bond motifs is 1. The summed E-state index contributed by atoms with van der Waals surface area (Å²) in [6.07, 6.45) is 2.32. The molecule has 0 spiro atoms. The minimum absolute atomic E-state index is 0.0147. The predicted molar refractivity (Wildman–Crippen MR) is 71.9 cm³/mol. The number of esters is 2. The summed E-state index contributed by atoms with van der Waals surface area (Å²) >= 11 is 0. The Bertz CT molecular complexity index is 537. The highest BCUT2D eigenvalue weighted by Crippen LogP contribution is 2.43. The molecule has 1 aliphatic carbocycles. The van der Waals surface area contributed by atoms with E-state index in [-0.39, 0.29) is 36.0 Å².